The molecule has 74 heavy (non-hydrogen) atoms. The Labute approximate surface area is 432 Å². The van der Waals surface area contributed by atoms with Crippen molar-refractivity contribution in [1.29, 1.82) is 0 Å². The quantitative estimate of drug-likeness (QED) is 0.0526. The first-order valence-electron chi connectivity index (χ1n) is 26.1. The van der Waals surface area contributed by atoms with Crippen LogP contribution in [-0.4, -0.2) is 129 Å². The molecule has 11 rings (SSSR count). The van der Waals surface area contributed by atoms with Gasteiger partial charge in [0, 0.05) is 16.4 Å². The van der Waals surface area contributed by atoms with Gasteiger partial charge in [0.15, 0.2) is 24.7 Å². The number of nitrogens with zero attached hydrogens (tertiary/aromatic N) is 3. The fourth-order valence-electron chi connectivity index (χ4n) is 11.9. The second-order valence-electron chi connectivity index (χ2n) is 21.5. The van der Waals surface area contributed by atoms with E-state index in [1.807, 2.05) is 163 Å². The highest BCUT2D eigenvalue weighted by Crippen LogP contribution is 2.53. The minimum atomic E-state index is -0.984. The summed E-state index contributed by atoms with van der Waals surface area (Å²) in [7, 11) is 0. The largest absolute Gasteiger partial charge is 0.374 e. The highest BCUT2D eigenvalue weighted by atomic mass is 16.8. The molecule has 0 aromatic heterocycles. The zero-order chi connectivity index (χ0) is 51.0. The normalized spacial score (nSPS) is 40.1. The van der Waals surface area contributed by atoms with Gasteiger partial charge in [-0.15, -0.1) is 0 Å². The van der Waals surface area contributed by atoms with E-state index in [2.05, 4.69) is 10.0 Å². The van der Waals surface area contributed by atoms with E-state index in [9.17, 15) is 5.53 Å². The maximum atomic E-state index is 9.59. The van der Waals surface area contributed by atoms with Crippen molar-refractivity contribution in [2.24, 2.45) is 17.0 Å². The lowest BCUT2D eigenvalue weighted by atomic mass is 9.70. The molecule has 0 aliphatic carbocycles. The molecule has 7 aliphatic heterocycles. The molecule has 0 N–H and O–H groups in total. The highest BCUT2D eigenvalue weighted by Gasteiger charge is 2.70. The lowest BCUT2D eigenvalue weighted by Gasteiger charge is -2.63. The van der Waals surface area contributed by atoms with Crippen LogP contribution in [0.5, 0.6) is 0 Å². The van der Waals surface area contributed by atoms with Crippen molar-refractivity contribution in [3.05, 3.63) is 154 Å². The van der Waals surface area contributed by atoms with Gasteiger partial charge in [-0.25, -0.2) is 0 Å². The SMILES string of the molecule is CC1C(O[C@@H]2OCC3(COCc4ccccc4)O[C@@H](c4ccccc4)O[C@H]23)[C@H](OCc2ccccc2)CO[C@H]1O[C@H]1C(C)O[C@@H](C2(C)OC3C(C)[C@@H](N=[N+]=[N-])C(COCc4ccccc4)O[C@H]32)C2OC(C)(C)OC21. The van der Waals surface area contributed by atoms with E-state index in [1.165, 1.54) is 0 Å². The van der Waals surface area contributed by atoms with Crippen LogP contribution in [-0.2, 0) is 86.1 Å². The zero-order valence-electron chi connectivity index (χ0n) is 42.9. The minimum Gasteiger partial charge on any atom is -0.374 e. The fraction of sp³-hybridized carbons (Fsp3) is 0.579. The number of hydrogen-bond donors (Lipinski definition) is 0. The van der Waals surface area contributed by atoms with Gasteiger partial charge in [-0.05, 0) is 55.8 Å². The average molecular weight is 1020 g/mol. The Morgan fingerprint density at radius 2 is 1.22 bits per heavy atom. The molecule has 10 unspecified atom stereocenters. The fourth-order valence-corrected chi connectivity index (χ4v) is 11.9. The molecule has 17 heteroatoms. The molecule has 0 bridgehead atoms. The Balaban J connectivity index is 0.810. The molecule has 7 aliphatic rings. The van der Waals surface area contributed by atoms with E-state index in [1.54, 1.807) is 0 Å². The molecule has 17 nitrogen and oxygen atoms in total. The first-order chi connectivity index (χ1) is 35.9. The Hall–Kier alpha value is -4.37. The molecule has 0 radical (unpaired) electrons. The first-order valence-corrected chi connectivity index (χ1v) is 26.1. The number of hydrogen-bond acceptors (Lipinski definition) is 15. The van der Waals surface area contributed by atoms with Gasteiger partial charge in [-0.1, -0.05) is 140 Å². The molecule has 4 aromatic rings. The topological polar surface area (TPSA) is 178 Å². The Morgan fingerprint density at radius 3 is 1.89 bits per heavy atom. The van der Waals surface area contributed by atoms with E-state index in [4.69, 9.17) is 66.3 Å². The zero-order valence-corrected chi connectivity index (χ0v) is 42.9. The third-order valence-corrected chi connectivity index (χ3v) is 15.8. The van der Waals surface area contributed by atoms with Crippen LogP contribution < -0.4 is 0 Å². The van der Waals surface area contributed by atoms with Crippen molar-refractivity contribution in [2.45, 2.75) is 170 Å². The van der Waals surface area contributed by atoms with Crippen LogP contribution in [0.1, 0.15) is 70.1 Å². The summed E-state index contributed by atoms with van der Waals surface area (Å²) < 4.78 is 94.3. The molecule has 0 amide bonds. The first kappa shape index (κ1) is 51.7. The van der Waals surface area contributed by atoms with Crippen LogP contribution in [0.2, 0.25) is 0 Å². The van der Waals surface area contributed by atoms with Crippen LogP contribution in [0.25, 0.3) is 10.4 Å². The third kappa shape index (κ3) is 10.4. The maximum absolute atomic E-state index is 9.59. The summed E-state index contributed by atoms with van der Waals surface area (Å²) in [6.45, 7) is 13.8. The molecule has 7 heterocycles. The number of benzene rings is 4. The van der Waals surface area contributed by atoms with Gasteiger partial charge in [0.2, 0.25) is 0 Å². The van der Waals surface area contributed by atoms with E-state index >= 15 is 0 Å². The number of ether oxygens (including phenoxy) is 14. The smallest absolute Gasteiger partial charge is 0.187 e. The van der Waals surface area contributed by atoms with Gasteiger partial charge in [-0.3, -0.25) is 0 Å². The molecule has 4 aromatic carbocycles. The van der Waals surface area contributed by atoms with Crippen molar-refractivity contribution in [1.82, 2.24) is 0 Å². The predicted octanol–water partition coefficient (Wildman–Crippen LogP) is 8.52. The summed E-state index contributed by atoms with van der Waals surface area (Å²) in [5.41, 5.74) is 11.7. The summed E-state index contributed by atoms with van der Waals surface area (Å²) in [5.74, 6) is -1.55. The second kappa shape index (κ2) is 21.9. The molecule has 0 saturated carbocycles. The van der Waals surface area contributed by atoms with Gasteiger partial charge in [-0.2, -0.15) is 0 Å². The number of azide groups is 1. The Bertz CT molecular complexity index is 2510. The van der Waals surface area contributed by atoms with Crippen LogP contribution in [0.4, 0.5) is 0 Å². The van der Waals surface area contributed by atoms with Crippen molar-refractivity contribution < 1.29 is 66.3 Å². The van der Waals surface area contributed by atoms with E-state index < -0.39 is 109 Å². The summed E-state index contributed by atoms with van der Waals surface area (Å²) in [6.07, 6.45) is -8.31. The lowest BCUT2D eigenvalue weighted by molar-refractivity contribution is -0.395. The molecule has 396 valence electrons. The highest BCUT2D eigenvalue weighted by molar-refractivity contribution is 5.21. The second-order valence-corrected chi connectivity index (χ2v) is 21.5. The van der Waals surface area contributed by atoms with Crippen LogP contribution >= 0.6 is 0 Å². The summed E-state index contributed by atoms with van der Waals surface area (Å²) in [5, 5.41) is 4.17. The average Bonchev–Trinajstić information content (AvgIpc) is 4.08. The standard InChI is InChI=1S/C57H69N3O14/c1-34-43(59-60-58)41(30-61-27-37-19-11-7-12-20-37)67-49-45(34)73-56(49,6)50-48-47(71-55(4,5)72-48)46(36(3)66-50)69-52-35(2)44(42(31-64-52)63-29-39-23-15-9-16-24-39)68-54-51-57(33-65-54,32-62-28-38-21-13-8-14-22-38)74-53(70-51)40-25-17-10-18-26-40/h7-26,34-36,41-54H,27-33H2,1-6H3/t34?,35?,36?,41?,42-,43-,44?,45?,46+,47?,48?,49-,50-,51-,52+,53+,54+,56?,57?/m1/s1. The summed E-state index contributed by atoms with van der Waals surface area (Å²) in [6, 6.07) is 39.4. The molecule has 0 spiro atoms. The Kier molecular flexibility index (Phi) is 15.3. The number of rotatable bonds is 18. The van der Waals surface area contributed by atoms with Crippen molar-refractivity contribution >= 4 is 0 Å². The van der Waals surface area contributed by atoms with Gasteiger partial charge in [0.05, 0.1) is 76.7 Å². The summed E-state index contributed by atoms with van der Waals surface area (Å²) in [4.78, 5) is 3.18. The van der Waals surface area contributed by atoms with E-state index in [0.29, 0.717) is 19.8 Å². The molecular weight excluding hydrogens is 951 g/mol. The maximum Gasteiger partial charge on any atom is 0.187 e. The van der Waals surface area contributed by atoms with Gasteiger partial charge in [0.1, 0.15) is 53.9 Å². The van der Waals surface area contributed by atoms with Gasteiger partial charge >= 0.3 is 0 Å². The van der Waals surface area contributed by atoms with Gasteiger partial charge < -0.3 is 66.3 Å². The Morgan fingerprint density at radius 1 is 0.608 bits per heavy atom. The monoisotopic (exact) mass is 1020 g/mol. The van der Waals surface area contributed by atoms with E-state index in [-0.39, 0.29) is 38.4 Å². The van der Waals surface area contributed by atoms with Gasteiger partial charge in [0.25, 0.3) is 0 Å². The summed E-state index contributed by atoms with van der Waals surface area (Å²) >= 11 is 0. The van der Waals surface area contributed by atoms with Crippen LogP contribution in [0, 0.1) is 11.8 Å². The van der Waals surface area contributed by atoms with E-state index in [0.717, 1.165) is 22.3 Å². The third-order valence-electron chi connectivity index (χ3n) is 15.8. The number of fused-ring (bicyclic) bond motifs is 3. The minimum absolute atomic E-state index is 0.161. The van der Waals surface area contributed by atoms with Crippen molar-refractivity contribution in [2.75, 3.05) is 26.4 Å². The lowest BCUT2D eigenvalue weighted by Crippen LogP contribution is -2.79. The van der Waals surface area contributed by atoms with Crippen LogP contribution in [0.15, 0.2) is 126 Å². The molecule has 7 fully saturated rings. The van der Waals surface area contributed by atoms with Crippen LogP contribution in [0.3, 0.4) is 0 Å². The predicted molar refractivity (Wildman–Crippen MR) is 266 cm³/mol. The molecule has 19 atom stereocenters. The van der Waals surface area contributed by atoms with Crippen molar-refractivity contribution in [3.63, 3.8) is 0 Å². The van der Waals surface area contributed by atoms with Crippen molar-refractivity contribution in [3.8, 4) is 0 Å². The molecule has 7 saturated heterocycles. The molecular formula is C57H69N3O14.